The Labute approximate surface area is 120 Å². The van der Waals surface area contributed by atoms with Gasteiger partial charge in [-0.25, -0.2) is 0 Å². The number of piperidine rings is 1. The second-order valence-electron chi connectivity index (χ2n) is 5.85. The van der Waals surface area contributed by atoms with Crippen molar-refractivity contribution >= 4 is 12.0 Å². The van der Waals surface area contributed by atoms with Crippen LogP contribution in [0.2, 0.25) is 0 Å². The second-order valence-corrected chi connectivity index (χ2v) is 5.85. The van der Waals surface area contributed by atoms with Crippen molar-refractivity contribution in [3.63, 3.8) is 0 Å². The molecule has 2 saturated heterocycles. The van der Waals surface area contributed by atoms with Crippen LogP contribution in [0.1, 0.15) is 28.8 Å². The summed E-state index contributed by atoms with van der Waals surface area (Å²) in [5.41, 5.74) is 3.01. The molecule has 20 heavy (non-hydrogen) atoms. The summed E-state index contributed by atoms with van der Waals surface area (Å²) >= 11 is 0. The highest BCUT2D eigenvalue weighted by Crippen LogP contribution is 2.30. The number of benzene rings is 1. The highest BCUT2D eigenvalue weighted by atomic mass is 16.5. The Morgan fingerprint density at radius 1 is 1.35 bits per heavy atom. The van der Waals surface area contributed by atoms with Gasteiger partial charge in [-0.2, -0.15) is 0 Å². The Bertz CT molecular complexity index is 485. The number of carbonyl (C=O) groups excluding carboxylic acids is 1. The van der Waals surface area contributed by atoms with Crippen LogP contribution < -0.4 is 10.2 Å². The fourth-order valence-electron chi connectivity index (χ4n) is 3.15. The van der Waals surface area contributed by atoms with Gasteiger partial charge in [0.05, 0.1) is 12.2 Å². The van der Waals surface area contributed by atoms with Crippen molar-refractivity contribution in [3.8, 4) is 0 Å². The molecule has 2 aliphatic heterocycles. The van der Waals surface area contributed by atoms with Crippen LogP contribution in [0.15, 0.2) is 18.2 Å². The molecule has 1 N–H and O–H groups in total. The number of carbonyl (C=O) groups is 1. The number of ether oxygens (including phenoxy) is 1. The molecule has 108 valence electrons. The minimum Gasteiger partial charge on any atom is -0.372 e. The largest absolute Gasteiger partial charge is 0.372 e. The fourth-order valence-corrected chi connectivity index (χ4v) is 3.15. The van der Waals surface area contributed by atoms with Gasteiger partial charge in [-0.3, -0.25) is 4.79 Å². The van der Waals surface area contributed by atoms with Gasteiger partial charge in [0.1, 0.15) is 6.29 Å². The van der Waals surface area contributed by atoms with Crippen LogP contribution in [-0.4, -0.2) is 44.7 Å². The van der Waals surface area contributed by atoms with Crippen LogP contribution in [0.25, 0.3) is 0 Å². The summed E-state index contributed by atoms with van der Waals surface area (Å²) in [5.74, 6) is 0. The highest BCUT2D eigenvalue weighted by molar-refractivity contribution is 5.79. The van der Waals surface area contributed by atoms with E-state index in [1.54, 1.807) is 0 Å². The van der Waals surface area contributed by atoms with E-state index in [2.05, 4.69) is 16.3 Å². The molecule has 4 nitrogen and oxygen atoms in total. The Morgan fingerprint density at radius 2 is 2.15 bits per heavy atom. The molecule has 0 saturated carbocycles. The molecule has 0 radical (unpaired) electrons. The average molecular weight is 274 g/mol. The zero-order valence-corrected chi connectivity index (χ0v) is 12.0. The Hall–Kier alpha value is -1.39. The van der Waals surface area contributed by atoms with Gasteiger partial charge in [-0.15, -0.1) is 0 Å². The molecule has 4 heteroatoms. The van der Waals surface area contributed by atoms with Crippen LogP contribution in [0.3, 0.4) is 0 Å². The molecule has 0 bridgehead atoms. The van der Waals surface area contributed by atoms with Crippen molar-refractivity contribution in [1.29, 1.82) is 0 Å². The van der Waals surface area contributed by atoms with Gasteiger partial charge in [0.2, 0.25) is 0 Å². The summed E-state index contributed by atoms with van der Waals surface area (Å²) in [7, 11) is 0. The molecule has 2 fully saturated rings. The zero-order chi connectivity index (χ0) is 14.0. The lowest BCUT2D eigenvalue weighted by molar-refractivity contribution is -0.0799. The SMILES string of the molecule is Cc1ccc(N2CCC3(CC2)CNCCO3)cc1C=O. The summed E-state index contributed by atoms with van der Waals surface area (Å²) in [6.07, 6.45) is 3.03. The van der Waals surface area contributed by atoms with Gasteiger partial charge in [0, 0.05) is 37.4 Å². The van der Waals surface area contributed by atoms with E-state index in [9.17, 15) is 4.79 Å². The summed E-state index contributed by atoms with van der Waals surface area (Å²) in [5, 5.41) is 3.44. The summed E-state index contributed by atoms with van der Waals surface area (Å²) in [6.45, 7) is 6.70. The van der Waals surface area contributed by atoms with Gasteiger partial charge in [0.25, 0.3) is 0 Å². The predicted molar refractivity (Wildman–Crippen MR) is 79.6 cm³/mol. The van der Waals surface area contributed by atoms with E-state index < -0.39 is 0 Å². The first-order valence-electron chi connectivity index (χ1n) is 7.38. The second kappa shape index (κ2) is 5.54. The molecule has 1 spiro atoms. The Morgan fingerprint density at radius 3 is 2.80 bits per heavy atom. The van der Waals surface area contributed by atoms with Crippen LogP contribution in [-0.2, 0) is 4.74 Å². The van der Waals surface area contributed by atoms with E-state index in [0.29, 0.717) is 0 Å². The van der Waals surface area contributed by atoms with Gasteiger partial charge in [-0.1, -0.05) is 6.07 Å². The van der Waals surface area contributed by atoms with E-state index in [0.717, 1.165) is 68.7 Å². The van der Waals surface area contributed by atoms with Crippen molar-refractivity contribution in [2.45, 2.75) is 25.4 Å². The van der Waals surface area contributed by atoms with Crippen LogP contribution in [0.4, 0.5) is 5.69 Å². The van der Waals surface area contributed by atoms with E-state index in [-0.39, 0.29) is 5.60 Å². The molecule has 1 aromatic carbocycles. The Balaban J connectivity index is 1.70. The van der Waals surface area contributed by atoms with Crippen LogP contribution in [0, 0.1) is 6.92 Å². The summed E-state index contributed by atoms with van der Waals surface area (Å²) < 4.78 is 6.01. The third-order valence-corrected chi connectivity index (χ3v) is 4.56. The maximum absolute atomic E-state index is 11.1. The molecule has 0 unspecified atom stereocenters. The lowest BCUT2D eigenvalue weighted by atomic mass is 9.89. The predicted octanol–water partition coefficient (Wildman–Crippen LogP) is 1.77. The van der Waals surface area contributed by atoms with Crippen molar-refractivity contribution in [3.05, 3.63) is 29.3 Å². The smallest absolute Gasteiger partial charge is 0.150 e. The van der Waals surface area contributed by atoms with Crippen LogP contribution >= 0.6 is 0 Å². The molecule has 0 aromatic heterocycles. The molecule has 3 rings (SSSR count). The average Bonchev–Trinajstić information content (AvgIpc) is 2.50. The number of aryl methyl sites for hydroxylation is 1. The molecule has 2 aliphatic rings. The van der Waals surface area contributed by atoms with Crippen molar-refractivity contribution < 1.29 is 9.53 Å². The number of hydrogen-bond donors (Lipinski definition) is 1. The molecular formula is C16H22N2O2. The number of hydrogen-bond acceptors (Lipinski definition) is 4. The van der Waals surface area contributed by atoms with Crippen molar-refractivity contribution in [2.24, 2.45) is 0 Å². The summed E-state index contributed by atoms with van der Waals surface area (Å²) in [6, 6.07) is 6.14. The number of morpholine rings is 1. The molecule has 1 aromatic rings. The molecule has 0 amide bonds. The lowest BCUT2D eigenvalue weighted by Gasteiger charge is -2.44. The van der Waals surface area contributed by atoms with Crippen LogP contribution in [0.5, 0.6) is 0 Å². The third-order valence-electron chi connectivity index (χ3n) is 4.56. The first kappa shape index (κ1) is 13.6. The van der Waals surface area contributed by atoms with Gasteiger partial charge in [-0.05, 0) is 37.5 Å². The zero-order valence-electron chi connectivity index (χ0n) is 12.0. The minimum atomic E-state index is 0.0347. The molecule has 0 atom stereocenters. The van der Waals surface area contributed by atoms with Crippen molar-refractivity contribution in [1.82, 2.24) is 5.32 Å². The van der Waals surface area contributed by atoms with E-state index >= 15 is 0 Å². The number of nitrogens with one attached hydrogen (secondary N) is 1. The normalized spacial score (nSPS) is 21.9. The van der Waals surface area contributed by atoms with Gasteiger partial charge < -0.3 is 15.0 Å². The summed E-state index contributed by atoms with van der Waals surface area (Å²) in [4.78, 5) is 13.4. The number of rotatable bonds is 2. The minimum absolute atomic E-state index is 0.0347. The third kappa shape index (κ3) is 2.58. The molecular weight excluding hydrogens is 252 g/mol. The van der Waals surface area contributed by atoms with Gasteiger partial charge in [0.15, 0.2) is 0 Å². The Kier molecular flexibility index (Phi) is 3.76. The van der Waals surface area contributed by atoms with E-state index in [4.69, 9.17) is 4.74 Å². The van der Waals surface area contributed by atoms with E-state index in [1.807, 2.05) is 19.1 Å². The maximum Gasteiger partial charge on any atom is 0.150 e. The standard InChI is InChI=1S/C16H22N2O2/c1-13-2-3-15(10-14(13)11-19)18-7-4-16(5-8-18)12-17-6-9-20-16/h2-3,10-11,17H,4-9,12H2,1H3. The lowest BCUT2D eigenvalue weighted by Crippen LogP contribution is -2.55. The molecule has 2 heterocycles. The number of nitrogens with zero attached hydrogens (tertiary/aromatic N) is 1. The first-order valence-corrected chi connectivity index (χ1v) is 7.38. The maximum atomic E-state index is 11.1. The van der Waals surface area contributed by atoms with Crippen molar-refractivity contribution in [2.75, 3.05) is 37.7 Å². The monoisotopic (exact) mass is 274 g/mol. The highest BCUT2D eigenvalue weighted by Gasteiger charge is 2.36. The topological polar surface area (TPSA) is 41.6 Å². The number of aldehydes is 1. The number of anilines is 1. The quantitative estimate of drug-likeness (QED) is 0.835. The van der Waals surface area contributed by atoms with E-state index in [1.165, 1.54) is 0 Å². The molecule has 0 aliphatic carbocycles. The van der Waals surface area contributed by atoms with Gasteiger partial charge >= 0.3 is 0 Å². The fraction of sp³-hybridized carbons (Fsp3) is 0.562. The first-order chi connectivity index (χ1) is 9.72.